The Hall–Kier alpha value is -0.650. The van der Waals surface area contributed by atoms with Crippen molar-refractivity contribution in [1.82, 2.24) is 4.98 Å². The molecule has 0 aliphatic carbocycles. The smallest absolute Gasteiger partial charge is 0.187 e. The highest BCUT2D eigenvalue weighted by Gasteiger charge is 2.16. The third-order valence-corrected chi connectivity index (χ3v) is 5.12. The Kier molecular flexibility index (Phi) is 2.83. The SMILES string of the molecule is OCc1cc2sc(N3CCCCC3)nc2s1. The summed E-state index contributed by atoms with van der Waals surface area (Å²) in [6, 6.07) is 2.06. The zero-order valence-electron chi connectivity index (χ0n) is 8.98. The van der Waals surface area contributed by atoms with Crippen LogP contribution in [-0.4, -0.2) is 23.2 Å². The maximum absolute atomic E-state index is 9.05. The lowest BCUT2D eigenvalue weighted by Gasteiger charge is -2.25. The van der Waals surface area contributed by atoms with Crippen molar-refractivity contribution in [3.8, 4) is 0 Å². The van der Waals surface area contributed by atoms with E-state index in [-0.39, 0.29) is 6.61 Å². The first-order valence-corrected chi connectivity index (χ1v) is 7.25. The summed E-state index contributed by atoms with van der Waals surface area (Å²) in [5, 5.41) is 10.2. The number of fused-ring (bicyclic) bond motifs is 1. The zero-order valence-corrected chi connectivity index (χ0v) is 10.6. The van der Waals surface area contributed by atoms with E-state index in [9.17, 15) is 0 Å². The lowest BCUT2D eigenvalue weighted by atomic mass is 10.1. The Bertz CT molecular complexity index is 454. The summed E-state index contributed by atoms with van der Waals surface area (Å²) in [5.41, 5.74) is 0. The molecule has 0 atom stereocenters. The standard InChI is InChI=1S/C11H14N2OS2/c14-7-8-6-9-10(15-8)12-11(16-9)13-4-2-1-3-5-13/h6,14H,1-5,7H2. The van der Waals surface area contributed by atoms with Gasteiger partial charge < -0.3 is 10.0 Å². The number of thiophene rings is 1. The molecular formula is C11H14N2OS2. The van der Waals surface area contributed by atoms with Crippen LogP contribution >= 0.6 is 22.7 Å². The molecule has 2 aromatic rings. The van der Waals surface area contributed by atoms with E-state index in [1.807, 2.05) is 0 Å². The van der Waals surface area contributed by atoms with Crippen molar-refractivity contribution >= 4 is 37.3 Å². The monoisotopic (exact) mass is 254 g/mol. The van der Waals surface area contributed by atoms with E-state index in [0.717, 1.165) is 27.9 Å². The van der Waals surface area contributed by atoms with E-state index in [0.29, 0.717) is 0 Å². The molecule has 3 rings (SSSR count). The second-order valence-corrected chi connectivity index (χ2v) is 6.21. The Balaban J connectivity index is 1.89. The first-order chi connectivity index (χ1) is 7.86. The van der Waals surface area contributed by atoms with E-state index in [4.69, 9.17) is 5.11 Å². The Morgan fingerprint density at radius 3 is 2.75 bits per heavy atom. The zero-order chi connectivity index (χ0) is 11.0. The third kappa shape index (κ3) is 1.83. The quantitative estimate of drug-likeness (QED) is 0.895. The number of aliphatic hydroxyl groups is 1. The molecule has 0 aromatic carbocycles. The highest BCUT2D eigenvalue weighted by atomic mass is 32.1. The topological polar surface area (TPSA) is 36.4 Å². The van der Waals surface area contributed by atoms with Gasteiger partial charge in [-0.2, -0.15) is 0 Å². The lowest BCUT2D eigenvalue weighted by molar-refractivity contribution is 0.285. The van der Waals surface area contributed by atoms with E-state index in [2.05, 4.69) is 16.0 Å². The van der Waals surface area contributed by atoms with Crippen LogP contribution in [0.15, 0.2) is 6.07 Å². The van der Waals surface area contributed by atoms with Crippen LogP contribution < -0.4 is 4.90 Å². The van der Waals surface area contributed by atoms with Gasteiger partial charge in [0, 0.05) is 18.0 Å². The van der Waals surface area contributed by atoms with Gasteiger partial charge in [-0.1, -0.05) is 11.3 Å². The van der Waals surface area contributed by atoms with Crippen molar-refractivity contribution in [3.05, 3.63) is 10.9 Å². The molecule has 0 saturated carbocycles. The molecule has 3 nitrogen and oxygen atoms in total. The average Bonchev–Trinajstić information content (AvgIpc) is 2.87. The van der Waals surface area contributed by atoms with E-state index >= 15 is 0 Å². The maximum Gasteiger partial charge on any atom is 0.187 e. The maximum atomic E-state index is 9.05. The van der Waals surface area contributed by atoms with Crippen molar-refractivity contribution in [2.75, 3.05) is 18.0 Å². The van der Waals surface area contributed by atoms with E-state index in [1.165, 1.54) is 24.0 Å². The van der Waals surface area contributed by atoms with Gasteiger partial charge in [-0.25, -0.2) is 4.98 Å². The highest BCUT2D eigenvalue weighted by molar-refractivity contribution is 7.29. The van der Waals surface area contributed by atoms with Crippen LogP contribution in [0.1, 0.15) is 24.1 Å². The number of aliphatic hydroxyl groups excluding tert-OH is 1. The number of hydrogen-bond donors (Lipinski definition) is 1. The molecule has 1 N–H and O–H groups in total. The van der Waals surface area contributed by atoms with Crippen LogP contribution in [0.4, 0.5) is 5.13 Å². The minimum absolute atomic E-state index is 0.132. The second kappa shape index (κ2) is 4.31. The van der Waals surface area contributed by atoms with E-state index < -0.39 is 0 Å². The summed E-state index contributed by atoms with van der Waals surface area (Å²) >= 11 is 3.36. The number of piperidine rings is 1. The van der Waals surface area contributed by atoms with Gasteiger partial charge in [-0.05, 0) is 25.3 Å². The van der Waals surface area contributed by atoms with Crippen molar-refractivity contribution in [1.29, 1.82) is 0 Å². The van der Waals surface area contributed by atoms with Crippen molar-refractivity contribution < 1.29 is 5.11 Å². The molecule has 0 bridgehead atoms. The second-order valence-electron chi connectivity index (χ2n) is 4.08. The van der Waals surface area contributed by atoms with Crippen LogP contribution in [0, 0.1) is 0 Å². The third-order valence-electron chi connectivity index (χ3n) is 2.91. The van der Waals surface area contributed by atoms with Crippen LogP contribution in [0.2, 0.25) is 0 Å². The number of hydrogen-bond acceptors (Lipinski definition) is 5. The summed E-state index contributed by atoms with van der Waals surface area (Å²) in [4.78, 5) is 9.14. The molecule has 0 amide bonds. The minimum Gasteiger partial charge on any atom is -0.391 e. The molecule has 0 radical (unpaired) electrons. The Labute approximate surface area is 102 Å². The summed E-state index contributed by atoms with van der Waals surface area (Å²) < 4.78 is 1.22. The molecule has 1 aliphatic heterocycles. The van der Waals surface area contributed by atoms with Gasteiger partial charge in [0.15, 0.2) is 5.13 Å². The fraction of sp³-hybridized carbons (Fsp3) is 0.545. The number of rotatable bonds is 2. The summed E-state index contributed by atoms with van der Waals surface area (Å²) in [7, 11) is 0. The van der Waals surface area contributed by atoms with Gasteiger partial charge in [0.25, 0.3) is 0 Å². The first-order valence-electron chi connectivity index (χ1n) is 5.62. The van der Waals surface area contributed by atoms with E-state index in [1.54, 1.807) is 22.7 Å². The predicted molar refractivity (Wildman–Crippen MR) is 69.5 cm³/mol. The van der Waals surface area contributed by atoms with Gasteiger partial charge >= 0.3 is 0 Å². The van der Waals surface area contributed by atoms with Gasteiger partial charge in [-0.15, -0.1) is 11.3 Å². The summed E-state index contributed by atoms with van der Waals surface area (Å²) in [5.74, 6) is 0. The predicted octanol–water partition coefficient (Wildman–Crippen LogP) is 2.84. The molecular weight excluding hydrogens is 240 g/mol. The summed E-state index contributed by atoms with van der Waals surface area (Å²) in [6.45, 7) is 2.42. The molecule has 2 aromatic heterocycles. The fourth-order valence-corrected chi connectivity index (χ4v) is 4.21. The van der Waals surface area contributed by atoms with Gasteiger partial charge in [0.1, 0.15) is 4.83 Å². The molecule has 1 fully saturated rings. The fourth-order valence-electron chi connectivity index (χ4n) is 2.07. The van der Waals surface area contributed by atoms with Crippen LogP contribution in [0.25, 0.3) is 9.53 Å². The molecule has 16 heavy (non-hydrogen) atoms. The average molecular weight is 254 g/mol. The van der Waals surface area contributed by atoms with Gasteiger partial charge in [-0.3, -0.25) is 0 Å². The van der Waals surface area contributed by atoms with Crippen molar-refractivity contribution in [2.45, 2.75) is 25.9 Å². The molecule has 3 heterocycles. The number of anilines is 1. The molecule has 1 aliphatic rings. The van der Waals surface area contributed by atoms with Crippen molar-refractivity contribution in [3.63, 3.8) is 0 Å². The minimum atomic E-state index is 0.132. The van der Waals surface area contributed by atoms with Crippen molar-refractivity contribution in [2.24, 2.45) is 0 Å². The molecule has 1 saturated heterocycles. The number of nitrogens with zero attached hydrogens (tertiary/aromatic N) is 2. The lowest BCUT2D eigenvalue weighted by Crippen LogP contribution is -2.29. The van der Waals surface area contributed by atoms with Crippen LogP contribution in [-0.2, 0) is 6.61 Å². The van der Waals surface area contributed by atoms with Crippen LogP contribution in [0.5, 0.6) is 0 Å². The van der Waals surface area contributed by atoms with Gasteiger partial charge in [0.2, 0.25) is 0 Å². The Morgan fingerprint density at radius 2 is 2.06 bits per heavy atom. The Morgan fingerprint density at radius 1 is 1.25 bits per heavy atom. The normalized spacial score (nSPS) is 17.2. The number of thiazole rings is 1. The van der Waals surface area contributed by atoms with Gasteiger partial charge in [0.05, 0.1) is 11.3 Å². The summed E-state index contributed by atoms with van der Waals surface area (Å²) in [6.07, 6.45) is 3.93. The van der Waals surface area contributed by atoms with Crippen LogP contribution in [0.3, 0.4) is 0 Å². The largest absolute Gasteiger partial charge is 0.391 e. The molecule has 86 valence electrons. The molecule has 5 heteroatoms. The molecule has 0 spiro atoms. The first kappa shape index (κ1) is 10.5. The highest BCUT2D eigenvalue weighted by Crippen LogP contribution is 2.35. The molecule has 0 unspecified atom stereocenters. The number of aromatic nitrogens is 1.